The van der Waals surface area contributed by atoms with E-state index in [1.807, 2.05) is 0 Å². The number of alkyl halides is 3. The van der Waals surface area contributed by atoms with Crippen LogP contribution in [0.2, 0.25) is 0 Å². The summed E-state index contributed by atoms with van der Waals surface area (Å²) in [4.78, 5) is 7.83. The second-order valence-electron chi connectivity index (χ2n) is 7.72. The van der Waals surface area contributed by atoms with E-state index in [1.165, 1.54) is 42.9 Å². The van der Waals surface area contributed by atoms with Crippen molar-refractivity contribution >= 4 is 11.3 Å². The first-order chi connectivity index (χ1) is 12.9. The third-order valence-electron chi connectivity index (χ3n) is 5.80. The fourth-order valence-electron chi connectivity index (χ4n) is 4.94. The van der Waals surface area contributed by atoms with Crippen LogP contribution in [0.1, 0.15) is 12.8 Å². The molecule has 4 fully saturated rings. The van der Waals surface area contributed by atoms with E-state index in [0.717, 1.165) is 29.4 Å². The van der Waals surface area contributed by atoms with Crippen LogP contribution in [-0.4, -0.2) is 42.0 Å². The van der Waals surface area contributed by atoms with Crippen molar-refractivity contribution in [1.82, 2.24) is 9.88 Å². The summed E-state index contributed by atoms with van der Waals surface area (Å²) >= 11 is 1.44. The van der Waals surface area contributed by atoms with Gasteiger partial charge in [0.2, 0.25) is 0 Å². The largest absolute Gasteiger partial charge is 0.573 e. The normalized spacial score (nSPS) is 31.9. The predicted molar refractivity (Wildman–Crippen MR) is 94.8 cm³/mol. The number of thiazole rings is 1. The molecule has 1 aromatic heterocycles. The van der Waals surface area contributed by atoms with E-state index in [4.69, 9.17) is 4.74 Å². The van der Waals surface area contributed by atoms with Gasteiger partial charge in [-0.1, -0.05) is 11.3 Å². The molecular formula is C19H19F3N2O2S. The van der Waals surface area contributed by atoms with Gasteiger partial charge in [0.15, 0.2) is 0 Å². The van der Waals surface area contributed by atoms with E-state index >= 15 is 0 Å². The summed E-state index contributed by atoms with van der Waals surface area (Å²) in [5.41, 5.74) is 0.799. The molecule has 0 spiro atoms. The fraction of sp³-hybridized carbons (Fsp3) is 0.526. The van der Waals surface area contributed by atoms with Crippen LogP contribution in [-0.2, 0) is 0 Å². The lowest BCUT2D eigenvalue weighted by molar-refractivity contribution is -0.274. The number of rotatable bonds is 4. The van der Waals surface area contributed by atoms with Gasteiger partial charge < -0.3 is 14.4 Å². The maximum absolute atomic E-state index is 12.3. The van der Waals surface area contributed by atoms with Crippen molar-refractivity contribution in [2.24, 2.45) is 17.8 Å². The predicted octanol–water partition coefficient (Wildman–Crippen LogP) is 4.43. The highest BCUT2D eigenvalue weighted by atomic mass is 32.1. The van der Waals surface area contributed by atoms with Crippen molar-refractivity contribution in [3.8, 4) is 21.4 Å². The lowest BCUT2D eigenvalue weighted by Crippen LogP contribution is -2.61. The Hall–Kier alpha value is -1.80. The van der Waals surface area contributed by atoms with Gasteiger partial charge >= 0.3 is 6.36 Å². The Labute approximate surface area is 158 Å². The van der Waals surface area contributed by atoms with Crippen molar-refractivity contribution in [1.29, 1.82) is 0 Å². The van der Waals surface area contributed by atoms with Gasteiger partial charge in [0, 0.05) is 37.7 Å². The van der Waals surface area contributed by atoms with Crippen LogP contribution in [0.3, 0.4) is 0 Å². The van der Waals surface area contributed by atoms with Crippen molar-refractivity contribution in [3.05, 3.63) is 30.5 Å². The van der Waals surface area contributed by atoms with E-state index < -0.39 is 6.36 Å². The first kappa shape index (κ1) is 17.3. The van der Waals surface area contributed by atoms with E-state index in [0.29, 0.717) is 17.0 Å². The zero-order chi connectivity index (χ0) is 18.6. The molecule has 4 heterocycles. The molecule has 0 radical (unpaired) electrons. The van der Waals surface area contributed by atoms with E-state index in [-0.39, 0.29) is 11.9 Å². The number of halogens is 3. The summed E-state index contributed by atoms with van der Waals surface area (Å²) in [5, 5.41) is 0.646. The van der Waals surface area contributed by atoms with Gasteiger partial charge in [-0.15, -0.1) is 13.2 Å². The van der Waals surface area contributed by atoms with Crippen LogP contribution in [0.25, 0.3) is 10.4 Å². The smallest absolute Gasteiger partial charge is 0.466 e. The van der Waals surface area contributed by atoms with Gasteiger partial charge in [-0.05, 0) is 48.6 Å². The Morgan fingerprint density at radius 3 is 2.37 bits per heavy atom. The molecule has 4 nitrogen and oxygen atoms in total. The number of piperidine rings is 3. The molecule has 1 saturated carbocycles. The Balaban J connectivity index is 1.28. The zero-order valence-corrected chi connectivity index (χ0v) is 15.3. The molecule has 0 unspecified atom stereocenters. The molecule has 4 bridgehead atoms. The van der Waals surface area contributed by atoms with Crippen LogP contribution in [0.5, 0.6) is 10.9 Å². The van der Waals surface area contributed by atoms with Gasteiger partial charge in [0.1, 0.15) is 11.9 Å². The number of hydrogen-bond acceptors (Lipinski definition) is 5. The summed E-state index contributed by atoms with van der Waals surface area (Å²) in [6, 6.07) is 5.84. The minimum Gasteiger partial charge on any atom is -0.466 e. The maximum atomic E-state index is 12.3. The third-order valence-corrected chi connectivity index (χ3v) is 6.73. The van der Waals surface area contributed by atoms with Gasteiger partial charge in [-0.2, -0.15) is 0 Å². The summed E-state index contributed by atoms with van der Waals surface area (Å²) in [5.74, 6) is 1.77. The number of nitrogens with zero attached hydrogens (tertiary/aromatic N) is 2. The Bertz CT molecular complexity index is 793. The molecule has 4 aliphatic rings. The van der Waals surface area contributed by atoms with Crippen LogP contribution in [0.15, 0.2) is 30.5 Å². The van der Waals surface area contributed by atoms with Crippen LogP contribution < -0.4 is 9.47 Å². The molecule has 2 atom stereocenters. The summed E-state index contributed by atoms with van der Waals surface area (Å²) < 4.78 is 47.0. The number of aromatic nitrogens is 1. The van der Waals surface area contributed by atoms with Gasteiger partial charge in [-0.3, -0.25) is 0 Å². The molecule has 144 valence electrons. The van der Waals surface area contributed by atoms with Crippen LogP contribution >= 0.6 is 11.3 Å². The Morgan fingerprint density at radius 1 is 1.04 bits per heavy atom. The van der Waals surface area contributed by atoms with Gasteiger partial charge in [0.25, 0.3) is 5.19 Å². The highest BCUT2D eigenvalue weighted by Crippen LogP contribution is 2.45. The molecule has 3 aliphatic heterocycles. The third kappa shape index (κ3) is 3.52. The highest BCUT2D eigenvalue weighted by Gasteiger charge is 2.48. The lowest BCUT2D eigenvalue weighted by Gasteiger charge is -2.55. The monoisotopic (exact) mass is 396 g/mol. The molecule has 3 saturated heterocycles. The van der Waals surface area contributed by atoms with Crippen molar-refractivity contribution in [2.45, 2.75) is 25.3 Å². The minimum absolute atomic E-state index is 0.226. The molecule has 2 aromatic rings. The number of hydrogen-bond donors (Lipinski definition) is 0. The zero-order valence-electron chi connectivity index (χ0n) is 14.5. The molecule has 1 aliphatic carbocycles. The first-order valence-corrected chi connectivity index (χ1v) is 9.95. The summed E-state index contributed by atoms with van der Waals surface area (Å²) in [6.45, 7) is 3.49. The molecule has 27 heavy (non-hydrogen) atoms. The molecule has 0 N–H and O–H groups in total. The van der Waals surface area contributed by atoms with Crippen LogP contribution in [0.4, 0.5) is 13.2 Å². The number of ether oxygens (including phenoxy) is 2. The van der Waals surface area contributed by atoms with Crippen molar-refractivity contribution < 1.29 is 22.6 Å². The maximum Gasteiger partial charge on any atom is 0.573 e. The van der Waals surface area contributed by atoms with Crippen molar-refractivity contribution in [3.63, 3.8) is 0 Å². The molecule has 0 amide bonds. The van der Waals surface area contributed by atoms with E-state index in [1.54, 1.807) is 18.3 Å². The van der Waals surface area contributed by atoms with E-state index in [2.05, 4.69) is 14.6 Å². The Morgan fingerprint density at radius 2 is 1.74 bits per heavy atom. The van der Waals surface area contributed by atoms with Crippen LogP contribution in [0, 0.1) is 17.8 Å². The fourth-order valence-corrected chi connectivity index (χ4v) is 5.75. The molecule has 1 aromatic carbocycles. The topological polar surface area (TPSA) is 34.6 Å². The SMILES string of the molecule is FC(F)(F)Oc1ccc(-c2cnc(OC3[C@H]4CC5C[C@H]3CN(C5)C4)s2)cc1. The highest BCUT2D eigenvalue weighted by molar-refractivity contribution is 7.16. The number of benzene rings is 1. The molecular weight excluding hydrogens is 377 g/mol. The van der Waals surface area contributed by atoms with E-state index in [9.17, 15) is 13.2 Å². The quantitative estimate of drug-likeness (QED) is 0.766. The second-order valence-corrected chi connectivity index (χ2v) is 8.71. The van der Waals surface area contributed by atoms with Gasteiger partial charge in [-0.25, -0.2) is 4.98 Å². The first-order valence-electron chi connectivity index (χ1n) is 9.14. The second kappa shape index (κ2) is 6.38. The lowest BCUT2D eigenvalue weighted by atomic mass is 9.66. The minimum atomic E-state index is -4.68. The summed E-state index contributed by atoms with van der Waals surface area (Å²) in [7, 11) is 0. The summed E-state index contributed by atoms with van der Waals surface area (Å²) in [6.07, 6.45) is -0.228. The average Bonchev–Trinajstić information content (AvgIpc) is 3.05. The van der Waals surface area contributed by atoms with Crippen molar-refractivity contribution in [2.75, 3.05) is 19.6 Å². The standard InChI is InChI=1S/C19H19F3N2O2S/c20-19(21,22)26-15-3-1-12(2-4-15)16-7-23-18(27-16)25-17-13-5-11-6-14(17)10-24(8-11)9-13/h1-4,7,11,13-14,17H,5-6,8-10H2/t11?,13-,14-,17?/m0/s1. The molecule has 8 heteroatoms. The van der Waals surface area contributed by atoms with Gasteiger partial charge in [0.05, 0.1) is 4.88 Å². The Kier molecular flexibility index (Phi) is 4.09. The molecule has 6 rings (SSSR count). The average molecular weight is 396 g/mol.